The highest BCUT2D eigenvalue weighted by Crippen LogP contribution is 2.27. The molecule has 0 aliphatic heterocycles. The Morgan fingerprint density at radius 2 is 1.90 bits per heavy atom. The Kier molecular flexibility index (Phi) is 5.83. The number of carbonyl (C=O) groups excluding carboxylic acids is 1. The first kappa shape index (κ1) is 21.1. The minimum atomic E-state index is -3.69. The van der Waals surface area contributed by atoms with E-state index >= 15 is 0 Å². The molecule has 1 aromatic heterocycles. The van der Waals surface area contributed by atoms with Crippen LogP contribution in [0.15, 0.2) is 46.7 Å². The van der Waals surface area contributed by atoms with E-state index in [1.54, 1.807) is 37.4 Å². The van der Waals surface area contributed by atoms with Gasteiger partial charge in [0.05, 0.1) is 10.6 Å². The number of thiazole rings is 1. The second-order valence-electron chi connectivity index (χ2n) is 6.71. The van der Waals surface area contributed by atoms with Crippen molar-refractivity contribution >= 4 is 32.4 Å². The predicted octanol–water partition coefficient (Wildman–Crippen LogP) is 4.07. The molecule has 0 fully saturated rings. The van der Waals surface area contributed by atoms with Crippen molar-refractivity contribution in [2.45, 2.75) is 18.7 Å². The van der Waals surface area contributed by atoms with E-state index in [2.05, 4.69) is 10.3 Å². The van der Waals surface area contributed by atoms with Crippen molar-refractivity contribution in [1.82, 2.24) is 9.29 Å². The highest BCUT2D eigenvalue weighted by molar-refractivity contribution is 7.89. The Morgan fingerprint density at radius 1 is 1.17 bits per heavy atom. The maximum atomic E-state index is 13.4. The van der Waals surface area contributed by atoms with Gasteiger partial charge in [0, 0.05) is 30.6 Å². The molecular weight excluding hydrogens is 413 g/mol. The fourth-order valence-electron chi connectivity index (χ4n) is 2.70. The predicted molar refractivity (Wildman–Crippen MR) is 112 cm³/mol. The first-order valence-corrected chi connectivity index (χ1v) is 11.0. The molecule has 0 aliphatic carbocycles. The van der Waals surface area contributed by atoms with Crippen LogP contribution in [-0.2, 0) is 10.0 Å². The summed E-state index contributed by atoms with van der Waals surface area (Å²) in [5, 5.41) is 4.74. The standard InChI is InChI=1S/C20H20FN3O3S2/c1-12-8-15(10-18(13(12)2)29(26,27)24(3)4)19(25)23-20-22-17(11-28-20)14-6-5-7-16(21)9-14/h5-11H,1-4H3,(H,22,23,25). The SMILES string of the molecule is Cc1cc(C(=O)Nc2nc(-c3cccc(F)c3)cs2)cc(S(=O)(=O)N(C)C)c1C. The van der Waals surface area contributed by atoms with Crippen LogP contribution in [0, 0.1) is 19.7 Å². The summed E-state index contributed by atoms with van der Waals surface area (Å²) < 4.78 is 39.7. The third-order valence-corrected chi connectivity index (χ3v) is 7.18. The summed E-state index contributed by atoms with van der Waals surface area (Å²) in [7, 11) is -0.801. The molecule has 152 valence electrons. The van der Waals surface area contributed by atoms with Gasteiger partial charge in [-0.1, -0.05) is 12.1 Å². The third kappa shape index (κ3) is 4.36. The van der Waals surface area contributed by atoms with E-state index in [0.717, 1.165) is 4.31 Å². The molecular formula is C20H20FN3O3S2. The van der Waals surface area contributed by atoms with E-state index in [4.69, 9.17) is 0 Å². The van der Waals surface area contributed by atoms with Crippen LogP contribution < -0.4 is 5.32 Å². The summed E-state index contributed by atoms with van der Waals surface area (Å²) in [6.45, 7) is 3.46. The molecule has 1 N–H and O–H groups in total. The minimum absolute atomic E-state index is 0.0900. The van der Waals surface area contributed by atoms with Gasteiger partial charge in [-0.15, -0.1) is 11.3 Å². The Morgan fingerprint density at radius 3 is 2.55 bits per heavy atom. The fourth-order valence-corrected chi connectivity index (χ4v) is 4.64. The number of aromatic nitrogens is 1. The average molecular weight is 434 g/mol. The van der Waals surface area contributed by atoms with Crippen LogP contribution in [0.1, 0.15) is 21.5 Å². The van der Waals surface area contributed by atoms with Gasteiger partial charge in [-0.3, -0.25) is 10.1 Å². The molecule has 29 heavy (non-hydrogen) atoms. The molecule has 0 spiro atoms. The Balaban J connectivity index is 1.90. The maximum Gasteiger partial charge on any atom is 0.257 e. The summed E-state index contributed by atoms with van der Waals surface area (Å²) in [5.74, 6) is -0.839. The van der Waals surface area contributed by atoms with E-state index in [-0.39, 0.29) is 16.3 Å². The smallest absolute Gasteiger partial charge is 0.257 e. The van der Waals surface area contributed by atoms with Crippen molar-refractivity contribution in [3.8, 4) is 11.3 Å². The summed E-state index contributed by atoms with van der Waals surface area (Å²) in [4.78, 5) is 17.1. The third-order valence-electron chi connectivity index (χ3n) is 4.49. The largest absolute Gasteiger partial charge is 0.298 e. The number of amides is 1. The summed E-state index contributed by atoms with van der Waals surface area (Å²) in [6.07, 6.45) is 0. The Hall–Kier alpha value is -2.62. The zero-order valence-electron chi connectivity index (χ0n) is 16.4. The van der Waals surface area contributed by atoms with Crippen LogP contribution in [0.5, 0.6) is 0 Å². The lowest BCUT2D eigenvalue weighted by Crippen LogP contribution is -2.24. The maximum absolute atomic E-state index is 13.4. The number of sulfonamides is 1. The van der Waals surface area contributed by atoms with Gasteiger partial charge in [0.25, 0.3) is 5.91 Å². The van der Waals surface area contributed by atoms with Crippen molar-refractivity contribution in [2.75, 3.05) is 19.4 Å². The number of halogens is 1. The molecule has 0 atom stereocenters. The number of aryl methyl sites for hydroxylation is 1. The molecule has 2 aromatic carbocycles. The lowest BCUT2D eigenvalue weighted by molar-refractivity contribution is 0.102. The van der Waals surface area contributed by atoms with Crippen LogP contribution in [0.2, 0.25) is 0 Å². The number of hydrogen-bond donors (Lipinski definition) is 1. The molecule has 9 heteroatoms. The van der Waals surface area contributed by atoms with Gasteiger partial charge < -0.3 is 0 Å². The molecule has 0 bridgehead atoms. The van der Waals surface area contributed by atoms with Gasteiger partial charge in [-0.2, -0.15) is 0 Å². The van der Waals surface area contributed by atoms with Crippen LogP contribution >= 0.6 is 11.3 Å². The monoisotopic (exact) mass is 433 g/mol. The summed E-state index contributed by atoms with van der Waals surface area (Å²) in [5.41, 5.74) is 2.65. The molecule has 3 rings (SSSR count). The number of nitrogens with one attached hydrogen (secondary N) is 1. The highest BCUT2D eigenvalue weighted by Gasteiger charge is 2.23. The van der Waals surface area contributed by atoms with Crippen LogP contribution in [0.4, 0.5) is 9.52 Å². The van der Waals surface area contributed by atoms with Gasteiger partial charge >= 0.3 is 0 Å². The molecule has 3 aromatic rings. The minimum Gasteiger partial charge on any atom is -0.298 e. The normalized spacial score (nSPS) is 11.7. The van der Waals surface area contributed by atoms with Crippen molar-refractivity contribution < 1.29 is 17.6 Å². The van der Waals surface area contributed by atoms with Gasteiger partial charge in [-0.25, -0.2) is 22.1 Å². The quantitative estimate of drug-likeness (QED) is 0.658. The topological polar surface area (TPSA) is 79.4 Å². The van der Waals surface area contributed by atoms with E-state index < -0.39 is 15.9 Å². The van der Waals surface area contributed by atoms with Crippen LogP contribution in [-0.4, -0.2) is 37.7 Å². The van der Waals surface area contributed by atoms with Gasteiger partial charge in [0.1, 0.15) is 5.82 Å². The molecule has 6 nitrogen and oxygen atoms in total. The second kappa shape index (κ2) is 8.02. The molecule has 0 saturated carbocycles. The van der Waals surface area contributed by atoms with E-state index in [9.17, 15) is 17.6 Å². The fraction of sp³-hybridized carbons (Fsp3) is 0.200. The van der Waals surface area contributed by atoms with Crippen molar-refractivity contribution in [2.24, 2.45) is 0 Å². The Bertz CT molecular complexity index is 1190. The average Bonchev–Trinajstić information content (AvgIpc) is 3.12. The molecule has 0 aliphatic rings. The first-order valence-electron chi connectivity index (χ1n) is 8.66. The number of hydrogen-bond acceptors (Lipinski definition) is 5. The van der Waals surface area contributed by atoms with Crippen molar-refractivity contribution in [3.63, 3.8) is 0 Å². The van der Waals surface area contributed by atoms with E-state index in [1.807, 2.05) is 0 Å². The van der Waals surface area contributed by atoms with E-state index in [1.165, 1.54) is 43.6 Å². The molecule has 0 radical (unpaired) electrons. The van der Waals surface area contributed by atoms with Gasteiger partial charge in [0.2, 0.25) is 10.0 Å². The molecule has 0 unspecified atom stereocenters. The van der Waals surface area contributed by atoms with Crippen molar-refractivity contribution in [3.05, 3.63) is 64.3 Å². The van der Waals surface area contributed by atoms with Crippen molar-refractivity contribution in [1.29, 1.82) is 0 Å². The summed E-state index contributed by atoms with van der Waals surface area (Å²) >= 11 is 1.20. The van der Waals surface area contributed by atoms with E-state index in [0.29, 0.717) is 27.5 Å². The lowest BCUT2D eigenvalue weighted by atomic mass is 10.1. The lowest BCUT2D eigenvalue weighted by Gasteiger charge is -2.16. The number of carbonyl (C=O) groups is 1. The van der Waals surface area contributed by atoms with Crippen LogP contribution in [0.3, 0.4) is 0 Å². The number of rotatable bonds is 5. The number of anilines is 1. The Labute approximate surface area is 173 Å². The summed E-state index contributed by atoms with van der Waals surface area (Å²) in [6, 6.07) is 9.03. The zero-order chi connectivity index (χ0) is 21.3. The molecule has 0 saturated heterocycles. The van der Waals surface area contributed by atoms with Crippen LogP contribution in [0.25, 0.3) is 11.3 Å². The molecule has 1 heterocycles. The van der Waals surface area contributed by atoms with Gasteiger partial charge in [0.15, 0.2) is 5.13 Å². The second-order valence-corrected chi connectivity index (χ2v) is 9.68. The number of nitrogens with zero attached hydrogens (tertiary/aromatic N) is 2. The highest BCUT2D eigenvalue weighted by atomic mass is 32.2. The number of benzene rings is 2. The van der Waals surface area contributed by atoms with Gasteiger partial charge in [-0.05, 0) is 49.2 Å². The molecule has 1 amide bonds. The first-order chi connectivity index (χ1) is 13.6. The zero-order valence-corrected chi connectivity index (χ0v) is 18.0.